The Morgan fingerprint density at radius 3 is 2.47 bits per heavy atom. The van der Waals surface area contributed by atoms with Crippen molar-refractivity contribution >= 4 is 18.5 Å². The second-order valence-corrected chi connectivity index (χ2v) is 12.4. The normalized spacial score (nSPS) is 21.3. The fraction of sp³-hybridized carbons (Fsp3) is 0.375. The maximum Gasteiger partial charge on any atom is 0.299 e. The van der Waals surface area contributed by atoms with Gasteiger partial charge in [0, 0.05) is 12.3 Å². The monoisotopic (exact) mass is 452 g/mol. The van der Waals surface area contributed by atoms with E-state index in [1.807, 2.05) is 50.8 Å². The average molecular weight is 452 g/mol. The van der Waals surface area contributed by atoms with Gasteiger partial charge in [0.1, 0.15) is 11.4 Å². The number of benzene rings is 2. The molecule has 7 nitrogen and oxygen atoms in total. The van der Waals surface area contributed by atoms with Crippen molar-refractivity contribution in [3.8, 4) is 11.4 Å². The smallest absolute Gasteiger partial charge is 0.299 e. The summed E-state index contributed by atoms with van der Waals surface area (Å²) in [7, 11) is -2.03. The number of aromatic amines is 1. The molecule has 168 valence electrons. The van der Waals surface area contributed by atoms with E-state index in [0.717, 1.165) is 35.2 Å². The molecule has 0 atom stereocenters. The van der Waals surface area contributed by atoms with Crippen LogP contribution in [0, 0.1) is 20.8 Å². The average Bonchev–Trinajstić information content (AvgIpc) is 3.03. The van der Waals surface area contributed by atoms with Crippen molar-refractivity contribution in [2.75, 3.05) is 19.0 Å². The number of aryl methyl sites for hydroxylation is 3. The van der Waals surface area contributed by atoms with Crippen LogP contribution in [0.15, 0.2) is 51.4 Å². The number of nitrogens with one attached hydrogen (secondary N) is 1. The number of para-hydroxylation sites is 1. The molecule has 3 aromatic rings. The zero-order valence-electron chi connectivity index (χ0n) is 18.9. The summed E-state index contributed by atoms with van der Waals surface area (Å²) in [5, 5.41) is 22.3. The van der Waals surface area contributed by atoms with E-state index < -0.39 is 7.14 Å². The summed E-state index contributed by atoms with van der Waals surface area (Å²) in [5.41, 5.74) is 4.61. The molecule has 4 rings (SSSR count). The van der Waals surface area contributed by atoms with Gasteiger partial charge in [-0.1, -0.05) is 18.2 Å². The summed E-state index contributed by atoms with van der Waals surface area (Å²) in [6.07, 6.45) is 2.98. The zero-order valence-corrected chi connectivity index (χ0v) is 19.8. The highest BCUT2D eigenvalue weighted by Gasteiger charge is 2.28. The predicted octanol–water partition coefficient (Wildman–Crippen LogP) is 6.08. The Labute approximate surface area is 187 Å². The molecule has 1 aromatic heterocycles. The largest absolute Gasteiger partial charge is 0.505 e. The van der Waals surface area contributed by atoms with Crippen LogP contribution in [0.1, 0.15) is 41.1 Å². The maximum absolute atomic E-state index is 13.0. The Bertz CT molecular complexity index is 1290. The third-order valence-electron chi connectivity index (χ3n) is 6.43. The lowest BCUT2D eigenvalue weighted by Crippen LogP contribution is -2.14. The summed E-state index contributed by atoms with van der Waals surface area (Å²) in [6.45, 7) is 7.66. The van der Waals surface area contributed by atoms with Gasteiger partial charge in [0.25, 0.3) is 5.56 Å². The van der Waals surface area contributed by atoms with Gasteiger partial charge >= 0.3 is 0 Å². The highest BCUT2D eigenvalue weighted by atomic mass is 31.2. The molecule has 0 aliphatic carbocycles. The molecular weight excluding hydrogens is 423 g/mol. The maximum atomic E-state index is 13.0. The molecule has 0 spiro atoms. The Morgan fingerprint density at radius 1 is 1.06 bits per heavy atom. The molecule has 1 saturated heterocycles. The topological polar surface area (TPSA) is 99.8 Å². The first-order valence-corrected chi connectivity index (χ1v) is 13.4. The zero-order chi connectivity index (χ0) is 23.0. The Morgan fingerprint density at radius 2 is 1.78 bits per heavy atom. The summed E-state index contributed by atoms with van der Waals surface area (Å²) < 4.78 is 13.8. The number of azo groups is 1. The first-order valence-electron chi connectivity index (χ1n) is 10.8. The van der Waals surface area contributed by atoms with E-state index in [4.69, 9.17) is 0 Å². The number of hydrogen-bond acceptors (Lipinski definition) is 5. The minimum Gasteiger partial charge on any atom is -0.505 e. The number of aromatic hydroxyl groups is 1. The van der Waals surface area contributed by atoms with Crippen molar-refractivity contribution in [1.29, 1.82) is 0 Å². The van der Waals surface area contributed by atoms with Gasteiger partial charge in [0.05, 0.1) is 18.5 Å². The SMILES string of the molecule is Cc1ccc(-n2[nH]c(C)c(N=Nc3cccc(C4CCP(C)(=O)CC4)c3O)c2=O)cc1C. The van der Waals surface area contributed by atoms with Crippen LogP contribution in [0.4, 0.5) is 11.4 Å². The molecule has 1 aliphatic heterocycles. The minimum absolute atomic E-state index is 0.0803. The van der Waals surface area contributed by atoms with Crippen LogP contribution < -0.4 is 5.56 Å². The predicted molar refractivity (Wildman–Crippen MR) is 128 cm³/mol. The molecule has 0 bridgehead atoms. The van der Waals surface area contributed by atoms with Crippen LogP contribution in [-0.2, 0) is 4.57 Å². The molecular formula is C24H29N4O3P. The molecule has 2 N–H and O–H groups in total. The van der Waals surface area contributed by atoms with Crippen molar-refractivity contribution in [2.45, 2.75) is 39.5 Å². The summed E-state index contributed by atoms with van der Waals surface area (Å²) >= 11 is 0. The highest BCUT2D eigenvalue weighted by molar-refractivity contribution is 7.63. The highest BCUT2D eigenvalue weighted by Crippen LogP contribution is 2.52. The van der Waals surface area contributed by atoms with Gasteiger partial charge in [-0.25, -0.2) is 4.68 Å². The van der Waals surface area contributed by atoms with E-state index in [0.29, 0.717) is 23.7 Å². The van der Waals surface area contributed by atoms with Crippen molar-refractivity contribution < 1.29 is 9.67 Å². The van der Waals surface area contributed by atoms with Gasteiger partial charge in [-0.2, -0.15) is 0 Å². The van der Waals surface area contributed by atoms with Gasteiger partial charge in [-0.15, -0.1) is 10.2 Å². The Kier molecular flexibility index (Phi) is 5.95. The standard InChI is InChI=1S/C24H29N4O3P/c1-15-8-9-19(14-16(15)2)28-24(30)22(17(3)27-28)26-25-21-7-5-6-20(23(21)29)18-10-12-32(4,31)13-11-18/h5-9,14,18,27,29H,10-13H2,1-4H3. The van der Waals surface area contributed by atoms with Crippen LogP contribution in [-0.4, -0.2) is 33.9 Å². The number of phenolic OH excluding ortho intramolecular Hbond substituents is 1. The second-order valence-electron chi connectivity index (χ2n) is 8.93. The van der Waals surface area contributed by atoms with Crippen LogP contribution in [0.5, 0.6) is 5.75 Å². The number of H-pyrrole nitrogens is 1. The molecule has 0 radical (unpaired) electrons. The third-order valence-corrected chi connectivity index (χ3v) is 8.84. The van der Waals surface area contributed by atoms with E-state index >= 15 is 0 Å². The number of aromatic nitrogens is 2. The van der Waals surface area contributed by atoms with Crippen molar-refractivity contribution in [1.82, 2.24) is 9.78 Å². The van der Waals surface area contributed by atoms with E-state index in [2.05, 4.69) is 15.3 Å². The van der Waals surface area contributed by atoms with E-state index in [1.54, 1.807) is 13.0 Å². The van der Waals surface area contributed by atoms with Gasteiger partial charge in [0.2, 0.25) is 0 Å². The Hall–Kier alpha value is -2.92. The van der Waals surface area contributed by atoms with Gasteiger partial charge in [0.15, 0.2) is 5.69 Å². The molecule has 1 aliphatic rings. The lowest BCUT2D eigenvalue weighted by molar-refractivity contribution is 0.455. The number of rotatable bonds is 4. The van der Waals surface area contributed by atoms with Crippen LogP contribution in [0.25, 0.3) is 5.69 Å². The van der Waals surface area contributed by atoms with E-state index in [-0.39, 0.29) is 22.9 Å². The molecule has 0 amide bonds. The summed E-state index contributed by atoms with van der Waals surface area (Å²) in [6, 6.07) is 11.2. The quantitative estimate of drug-likeness (QED) is 0.370. The molecule has 8 heteroatoms. The van der Waals surface area contributed by atoms with Crippen molar-refractivity contribution in [3.63, 3.8) is 0 Å². The van der Waals surface area contributed by atoms with Gasteiger partial charge in [-0.3, -0.25) is 9.89 Å². The molecule has 0 saturated carbocycles. The van der Waals surface area contributed by atoms with Gasteiger partial charge < -0.3 is 9.67 Å². The van der Waals surface area contributed by atoms with Crippen LogP contribution in [0.2, 0.25) is 0 Å². The number of phenols is 1. The molecule has 32 heavy (non-hydrogen) atoms. The van der Waals surface area contributed by atoms with E-state index in [9.17, 15) is 14.5 Å². The Balaban J connectivity index is 1.63. The minimum atomic E-state index is -2.03. The van der Waals surface area contributed by atoms with Crippen molar-refractivity contribution in [3.05, 3.63) is 69.1 Å². The third kappa shape index (κ3) is 4.35. The van der Waals surface area contributed by atoms with Crippen molar-refractivity contribution in [2.24, 2.45) is 10.2 Å². The second kappa shape index (κ2) is 8.55. The number of hydrogen-bond donors (Lipinski definition) is 2. The van der Waals surface area contributed by atoms with Crippen LogP contribution in [0.3, 0.4) is 0 Å². The van der Waals surface area contributed by atoms with Gasteiger partial charge in [-0.05, 0) is 81.1 Å². The summed E-state index contributed by atoms with van der Waals surface area (Å²) in [5.74, 6) is 0.236. The molecule has 0 unspecified atom stereocenters. The van der Waals surface area contributed by atoms with E-state index in [1.165, 1.54) is 4.68 Å². The number of nitrogens with zero attached hydrogens (tertiary/aromatic N) is 3. The first kappa shape index (κ1) is 22.3. The lowest BCUT2D eigenvalue weighted by Gasteiger charge is -2.27. The molecule has 1 fully saturated rings. The fourth-order valence-electron chi connectivity index (χ4n) is 4.19. The first-order chi connectivity index (χ1) is 15.2. The molecule has 2 heterocycles. The fourth-order valence-corrected chi connectivity index (χ4v) is 6.13. The summed E-state index contributed by atoms with van der Waals surface area (Å²) in [4.78, 5) is 13.0. The van der Waals surface area contributed by atoms with Crippen LogP contribution >= 0.6 is 7.14 Å². The lowest BCUT2D eigenvalue weighted by atomic mass is 9.92. The molecule has 2 aromatic carbocycles.